The number of nitrogens with zero attached hydrogens (tertiary/aromatic N) is 4. The lowest BCUT2D eigenvalue weighted by Gasteiger charge is -2.29. The van der Waals surface area contributed by atoms with Gasteiger partial charge in [0.2, 0.25) is 5.95 Å². The van der Waals surface area contributed by atoms with E-state index >= 15 is 0 Å². The van der Waals surface area contributed by atoms with E-state index in [1.54, 1.807) is 11.8 Å². The van der Waals surface area contributed by atoms with Gasteiger partial charge in [0.25, 0.3) is 0 Å². The van der Waals surface area contributed by atoms with Gasteiger partial charge < -0.3 is 10.0 Å². The minimum Gasteiger partial charge on any atom is -0.392 e. The summed E-state index contributed by atoms with van der Waals surface area (Å²) in [6, 6.07) is 0.593. The van der Waals surface area contributed by atoms with Crippen molar-refractivity contribution >= 4 is 17.7 Å². The van der Waals surface area contributed by atoms with Crippen LogP contribution in [0.3, 0.4) is 0 Å². The molecule has 1 aromatic rings. The van der Waals surface area contributed by atoms with Crippen molar-refractivity contribution in [1.82, 2.24) is 14.8 Å². The van der Waals surface area contributed by atoms with Crippen molar-refractivity contribution in [3.63, 3.8) is 0 Å². The number of thioether (sulfide) groups is 1. The second-order valence-electron chi connectivity index (χ2n) is 6.94. The van der Waals surface area contributed by atoms with Crippen molar-refractivity contribution in [2.45, 2.75) is 80.3 Å². The quantitative estimate of drug-likeness (QED) is 0.923. The molecule has 0 radical (unpaired) electrons. The van der Waals surface area contributed by atoms with E-state index in [0.29, 0.717) is 11.3 Å². The molecule has 22 heavy (non-hydrogen) atoms. The maximum Gasteiger partial charge on any atom is 0.228 e. The van der Waals surface area contributed by atoms with E-state index in [1.165, 1.54) is 38.5 Å². The Hall–Kier alpha value is -0.750. The summed E-state index contributed by atoms with van der Waals surface area (Å²) in [4.78, 5) is 2.41. The van der Waals surface area contributed by atoms with Crippen LogP contribution in [-0.4, -0.2) is 44.3 Å². The van der Waals surface area contributed by atoms with Gasteiger partial charge in [0.05, 0.1) is 6.10 Å². The minimum absolute atomic E-state index is 0.179. The molecule has 2 atom stereocenters. The Morgan fingerprint density at radius 3 is 2.41 bits per heavy atom. The first-order valence-electron chi connectivity index (χ1n) is 8.87. The fraction of sp³-hybridized carbons (Fsp3) is 0.875. The zero-order chi connectivity index (χ0) is 14.9. The molecule has 3 fully saturated rings. The average molecular weight is 322 g/mol. The third-order valence-corrected chi connectivity index (χ3v) is 6.46. The topological polar surface area (TPSA) is 54.2 Å². The smallest absolute Gasteiger partial charge is 0.228 e. The highest BCUT2D eigenvalue weighted by atomic mass is 32.2. The highest BCUT2D eigenvalue weighted by Gasteiger charge is 2.34. The summed E-state index contributed by atoms with van der Waals surface area (Å²) in [5.41, 5.74) is 0. The van der Waals surface area contributed by atoms with Crippen molar-refractivity contribution in [3.8, 4) is 0 Å². The molecule has 2 unspecified atom stereocenters. The SMILES string of the molecule is OC1CCCCC1Sc1nnc(N2CCCCC2)n1C1CC1. The number of hydrogen-bond acceptors (Lipinski definition) is 5. The molecule has 2 heterocycles. The molecule has 5 nitrogen and oxygen atoms in total. The molecule has 6 heteroatoms. The molecule has 0 bridgehead atoms. The van der Waals surface area contributed by atoms with Crippen LogP contribution in [0.5, 0.6) is 0 Å². The number of aliphatic hydroxyl groups is 1. The van der Waals surface area contributed by atoms with Crippen molar-refractivity contribution in [1.29, 1.82) is 0 Å². The minimum atomic E-state index is -0.179. The number of piperidine rings is 1. The van der Waals surface area contributed by atoms with Crippen molar-refractivity contribution in [3.05, 3.63) is 0 Å². The Kier molecular flexibility index (Phi) is 4.31. The first-order chi connectivity index (χ1) is 10.8. The predicted octanol–water partition coefficient (Wildman–Crippen LogP) is 3.00. The Labute approximate surface area is 136 Å². The molecule has 0 aromatic carbocycles. The molecule has 1 aliphatic heterocycles. The van der Waals surface area contributed by atoms with E-state index in [2.05, 4.69) is 19.7 Å². The monoisotopic (exact) mass is 322 g/mol. The van der Waals surface area contributed by atoms with Crippen LogP contribution >= 0.6 is 11.8 Å². The number of aromatic nitrogens is 3. The van der Waals surface area contributed by atoms with Crippen LogP contribution in [0.1, 0.15) is 63.8 Å². The largest absolute Gasteiger partial charge is 0.392 e. The highest BCUT2D eigenvalue weighted by Crippen LogP contribution is 2.43. The third-order valence-electron chi connectivity index (χ3n) is 5.12. The van der Waals surface area contributed by atoms with Crippen molar-refractivity contribution < 1.29 is 5.11 Å². The van der Waals surface area contributed by atoms with Crippen molar-refractivity contribution in [2.24, 2.45) is 0 Å². The summed E-state index contributed by atoms with van der Waals surface area (Å²) in [5, 5.41) is 20.6. The number of anilines is 1. The van der Waals surface area contributed by atoms with Crippen LogP contribution in [0.25, 0.3) is 0 Å². The zero-order valence-corrected chi connectivity index (χ0v) is 14.0. The molecule has 1 N–H and O–H groups in total. The fourth-order valence-electron chi connectivity index (χ4n) is 3.66. The Balaban J connectivity index is 1.55. The Morgan fingerprint density at radius 1 is 0.909 bits per heavy atom. The van der Waals surface area contributed by atoms with Crippen LogP contribution in [0.2, 0.25) is 0 Å². The van der Waals surface area contributed by atoms with E-state index in [4.69, 9.17) is 0 Å². The van der Waals surface area contributed by atoms with Gasteiger partial charge >= 0.3 is 0 Å². The van der Waals surface area contributed by atoms with Crippen LogP contribution in [-0.2, 0) is 0 Å². The average Bonchev–Trinajstić information content (AvgIpc) is 3.31. The fourth-order valence-corrected chi connectivity index (χ4v) is 4.94. The van der Waals surface area contributed by atoms with Gasteiger partial charge in [0.1, 0.15) is 0 Å². The summed E-state index contributed by atoms with van der Waals surface area (Å²) in [7, 11) is 0. The lowest BCUT2D eigenvalue weighted by atomic mass is 9.97. The van der Waals surface area contributed by atoms with Crippen LogP contribution in [0, 0.1) is 0 Å². The molecule has 3 aliphatic rings. The summed E-state index contributed by atoms with van der Waals surface area (Å²) in [5.74, 6) is 1.08. The van der Waals surface area contributed by atoms with Gasteiger partial charge in [-0.25, -0.2) is 0 Å². The number of aliphatic hydroxyl groups excluding tert-OH is 1. The number of rotatable bonds is 4. The van der Waals surface area contributed by atoms with Crippen LogP contribution in [0.4, 0.5) is 5.95 Å². The third kappa shape index (κ3) is 3.00. The molecule has 1 aromatic heterocycles. The van der Waals surface area contributed by atoms with Gasteiger partial charge in [-0.1, -0.05) is 24.6 Å². The number of hydrogen-bond donors (Lipinski definition) is 1. The normalized spacial score (nSPS) is 29.8. The molecule has 0 spiro atoms. The lowest BCUT2D eigenvalue weighted by Crippen LogP contribution is -2.32. The molecule has 4 rings (SSSR count). The molecule has 2 aliphatic carbocycles. The van der Waals surface area contributed by atoms with Gasteiger partial charge in [0.15, 0.2) is 5.16 Å². The molecular formula is C16H26N4OS. The van der Waals surface area contributed by atoms with E-state index in [-0.39, 0.29) is 6.10 Å². The molecule has 0 amide bonds. The van der Waals surface area contributed by atoms with Crippen LogP contribution in [0.15, 0.2) is 5.16 Å². The zero-order valence-electron chi connectivity index (χ0n) is 13.2. The summed E-state index contributed by atoms with van der Waals surface area (Å²) in [6.07, 6.45) is 10.6. The lowest BCUT2D eigenvalue weighted by molar-refractivity contribution is 0.136. The standard InChI is InChI=1S/C16H26N4OS/c21-13-6-2-3-7-14(13)22-16-18-17-15(20(16)12-8-9-12)19-10-4-1-5-11-19/h12-14,21H,1-11H2. The van der Waals surface area contributed by atoms with E-state index in [9.17, 15) is 5.11 Å². The second-order valence-corrected chi connectivity index (χ2v) is 8.15. The molecule has 2 saturated carbocycles. The second kappa shape index (κ2) is 6.40. The molecule has 122 valence electrons. The first kappa shape index (κ1) is 14.8. The molecular weight excluding hydrogens is 296 g/mol. The van der Waals surface area contributed by atoms with Gasteiger partial charge in [-0.15, -0.1) is 10.2 Å². The summed E-state index contributed by atoms with van der Waals surface area (Å²) < 4.78 is 2.37. The van der Waals surface area contributed by atoms with E-state index in [1.807, 2.05) is 0 Å². The van der Waals surface area contributed by atoms with Gasteiger partial charge in [0, 0.05) is 24.4 Å². The van der Waals surface area contributed by atoms with Crippen molar-refractivity contribution in [2.75, 3.05) is 18.0 Å². The Morgan fingerprint density at radius 2 is 1.68 bits per heavy atom. The van der Waals surface area contributed by atoms with Gasteiger partial charge in [-0.05, 0) is 44.9 Å². The molecule has 1 saturated heterocycles. The van der Waals surface area contributed by atoms with E-state index in [0.717, 1.165) is 43.5 Å². The van der Waals surface area contributed by atoms with E-state index < -0.39 is 0 Å². The summed E-state index contributed by atoms with van der Waals surface area (Å²) in [6.45, 7) is 2.23. The first-order valence-corrected chi connectivity index (χ1v) is 9.75. The maximum atomic E-state index is 10.2. The predicted molar refractivity (Wildman–Crippen MR) is 88.5 cm³/mol. The van der Waals surface area contributed by atoms with Gasteiger partial charge in [-0.2, -0.15) is 0 Å². The maximum absolute atomic E-state index is 10.2. The summed E-state index contributed by atoms with van der Waals surface area (Å²) >= 11 is 1.77. The highest BCUT2D eigenvalue weighted by molar-refractivity contribution is 7.99. The Bertz CT molecular complexity index is 510. The van der Waals surface area contributed by atoms with Crippen LogP contribution < -0.4 is 4.90 Å². The van der Waals surface area contributed by atoms with Gasteiger partial charge in [-0.3, -0.25) is 4.57 Å².